The molecule has 1 aliphatic heterocycles. The van der Waals surface area contributed by atoms with Gasteiger partial charge in [0.15, 0.2) is 5.62 Å². The molecule has 3 nitrogen and oxygen atoms in total. The molecule has 94 valence electrons. The van der Waals surface area contributed by atoms with Crippen molar-refractivity contribution in [2.24, 2.45) is 5.10 Å². The standard InChI is InChI=1S/C12H24ClN3/c1-3-5-7-8-10-16-12(13)15(11-14-16)9-6-4-2/h11-12H,3-10H2,1-2H3. The third-order valence-corrected chi connectivity index (χ3v) is 3.35. The summed E-state index contributed by atoms with van der Waals surface area (Å²) in [6, 6.07) is 0. The molecule has 4 heteroatoms. The lowest BCUT2D eigenvalue weighted by atomic mass is 10.2. The van der Waals surface area contributed by atoms with Gasteiger partial charge < -0.3 is 4.90 Å². The van der Waals surface area contributed by atoms with E-state index in [2.05, 4.69) is 23.8 Å². The van der Waals surface area contributed by atoms with Crippen LogP contribution in [0.1, 0.15) is 52.4 Å². The van der Waals surface area contributed by atoms with Crippen molar-refractivity contribution in [1.82, 2.24) is 9.91 Å². The third kappa shape index (κ3) is 4.20. The molecule has 1 unspecified atom stereocenters. The summed E-state index contributed by atoms with van der Waals surface area (Å²) >= 11 is 6.32. The maximum atomic E-state index is 6.32. The molecule has 0 radical (unpaired) electrons. The number of alkyl halides is 1. The van der Waals surface area contributed by atoms with Crippen molar-refractivity contribution >= 4 is 17.9 Å². The lowest BCUT2D eigenvalue weighted by Crippen LogP contribution is -2.36. The van der Waals surface area contributed by atoms with Crippen molar-refractivity contribution in [3.63, 3.8) is 0 Å². The summed E-state index contributed by atoms with van der Waals surface area (Å²) in [5.41, 5.74) is -0.0619. The highest BCUT2D eigenvalue weighted by Gasteiger charge is 2.24. The first-order chi connectivity index (χ1) is 7.79. The second-order valence-corrected chi connectivity index (χ2v) is 4.75. The topological polar surface area (TPSA) is 18.8 Å². The molecule has 0 aliphatic carbocycles. The van der Waals surface area contributed by atoms with Gasteiger partial charge in [-0.05, 0) is 12.8 Å². The van der Waals surface area contributed by atoms with Crippen molar-refractivity contribution in [3.8, 4) is 0 Å². The average molecular weight is 246 g/mol. The number of halogens is 1. The summed E-state index contributed by atoms with van der Waals surface area (Å²) in [7, 11) is 0. The first-order valence-corrected chi connectivity index (χ1v) is 6.93. The summed E-state index contributed by atoms with van der Waals surface area (Å²) in [6.45, 7) is 6.41. The number of nitrogens with zero attached hydrogens (tertiary/aromatic N) is 3. The number of hydrogen-bond acceptors (Lipinski definition) is 3. The average Bonchev–Trinajstić information content (AvgIpc) is 2.64. The van der Waals surface area contributed by atoms with E-state index in [1.54, 1.807) is 0 Å². The van der Waals surface area contributed by atoms with Gasteiger partial charge in [-0.25, -0.2) is 0 Å². The fourth-order valence-electron chi connectivity index (χ4n) is 1.78. The van der Waals surface area contributed by atoms with Gasteiger partial charge in [-0.15, -0.1) is 0 Å². The smallest absolute Gasteiger partial charge is 0.195 e. The summed E-state index contributed by atoms with van der Waals surface area (Å²) in [5.74, 6) is 0. The van der Waals surface area contributed by atoms with E-state index in [9.17, 15) is 0 Å². The molecule has 0 bridgehead atoms. The zero-order valence-electron chi connectivity index (χ0n) is 10.5. The molecule has 1 rings (SSSR count). The van der Waals surface area contributed by atoms with Crippen LogP contribution in [0.3, 0.4) is 0 Å². The highest BCUT2D eigenvalue weighted by Crippen LogP contribution is 2.17. The molecule has 16 heavy (non-hydrogen) atoms. The van der Waals surface area contributed by atoms with E-state index in [0.717, 1.165) is 13.1 Å². The van der Waals surface area contributed by atoms with Crippen molar-refractivity contribution in [2.75, 3.05) is 13.1 Å². The molecule has 1 aliphatic rings. The monoisotopic (exact) mass is 245 g/mol. The van der Waals surface area contributed by atoms with Gasteiger partial charge in [0.2, 0.25) is 0 Å². The van der Waals surface area contributed by atoms with Crippen molar-refractivity contribution < 1.29 is 0 Å². The maximum Gasteiger partial charge on any atom is 0.195 e. The predicted octanol–water partition coefficient (Wildman–Crippen LogP) is 3.45. The van der Waals surface area contributed by atoms with Crippen molar-refractivity contribution in [3.05, 3.63) is 0 Å². The molecule has 0 aromatic carbocycles. The van der Waals surface area contributed by atoms with Crippen LogP contribution in [0, 0.1) is 0 Å². The van der Waals surface area contributed by atoms with E-state index in [1.807, 2.05) is 11.3 Å². The van der Waals surface area contributed by atoms with Crippen LogP contribution in [-0.4, -0.2) is 35.0 Å². The summed E-state index contributed by atoms with van der Waals surface area (Å²) in [4.78, 5) is 2.12. The third-order valence-electron chi connectivity index (χ3n) is 2.88. The Hall–Kier alpha value is -0.440. The molecule has 0 aromatic heterocycles. The van der Waals surface area contributed by atoms with E-state index in [1.165, 1.54) is 38.5 Å². The van der Waals surface area contributed by atoms with Crippen LogP contribution in [0.2, 0.25) is 0 Å². The van der Waals surface area contributed by atoms with Crippen LogP contribution < -0.4 is 0 Å². The Morgan fingerprint density at radius 3 is 2.50 bits per heavy atom. The van der Waals surface area contributed by atoms with Crippen molar-refractivity contribution in [2.45, 2.75) is 58.0 Å². The maximum absolute atomic E-state index is 6.32. The number of rotatable bonds is 8. The second-order valence-electron chi connectivity index (χ2n) is 4.36. The molecule has 0 saturated carbocycles. The summed E-state index contributed by atoms with van der Waals surface area (Å²) in [5, 5.41) is 6.34. The largest absolute Gasteiger partial charge is 0.327 e. The van der Waals surface area contributed by atoms with E-state index < -0.39 is 0 Å². The lowest BCUT2D eigenvalue weighted by Gasteiger charge is -2.25. The van der Waals surface area contributed by atoms with E-state index in [0.29, 0.717) is 0 Å². The second kappa shape index (κ2) is 7.77. The first-order valence-electron chi connectivity index (χ1n) is 6.50. The molecule has 0 spiro atoms. The normalized spacial score (nSPS) is 19.8. The lowest BCUT2D eigenvalue weighted by molar-refractivity contribution is 0.194. The SMILES string of the molecule is CCCCCCN1N=CN(CCCC)C1Cl. The Labute approximate surface area is 104 Å². The Bertz CT molecular complexity index is 208. The van der Waals surface area contributed by atoms with Crippen LogP contribution >= 0.6 is 11.6 Å². The van der Waals surface area contributed by atoms with Gasteiger partial charge in [0.25, 0.3) is 0 Å². The number of hydrogen-bond donors (Lipinski definition) is 0. The fourth-order valence-corrected chi connectivity index (χ4v) is 2.08. The fraction of sp³-hybridized carbons (Fsp3) is 0.917. The van der Waals surface area contributed by atoms with Gasteiger partial charge in [-0.1, -0.05) is 51.1 Å². The Morgan fingerprint density at radius 2 is 1.81 bits per heavy atom. The van der Waals surface area contributed by atoms with Gasteiger partial charge in [0.1, 0.15) is 6.34 Å². The first kappa shape index (κ1) is 13.6. The molecule has 0 saturated heterocycles. The van der Waals surface area contributed by atoms with Gasteiger partial charge in [-0.3, -0.25) is 5.01 Å². The van der Waals surface area contributed by atoms with Crippen LogP contribution in [0.4, 0.5) is 0 Å². The van der Waals surface area contributed by atoms with Gasteiger partial charge in [0.05, 0.1) is 0 Å². The van der Waals surface area contributed by atoms with Crippen molar-refractivity contribution in [1.29, 1.82) is 0 Å². The minimum absolute atomic E-state index is 0.0619. The molecule has 0 fully saturated rings. The summed E-state index contributed by atoms with van der Waals surface area (Å²) < 4.78 is 0. The van der Waals surface area contributed by atoms with Crippen LogP contribution in [0.15, 0.2) is 5.10 Å². The zero-order valence-corrected chi connectivity index (χ0v) is 11.3. The quantitative estimate of drug-likeness (QED) is 0.371. The molecule has 0 amide bonds. The van der Waals surface area contributed by atoms with Gasteiger partial charge in [0, 0.05) is 13.1 Å². The van der Waals surface area contributed by atoms with E-state index in [4.69, 9.17) is 11.6 Å². The molecular weight excluding hydrogens is 222 g/mol. The Morgan fingerprint density at radius 1 is 1.06 bits per heavy atom. The number of hydrazone groups is 1. The Balaban J connectivity index is 2.18. The number of unbranched alkanes of at least 4 members (excludes halogenated alkanes) is 4. The summed E-state index contributed by atoms with van der Waals surface area (Å²) in [6.07, 6.45) is 9.31. The van der Waals surface area contributed by atoms with E-state index >= 15 is 0 Å². The molecule has 1 atom stereocenters. The van der Waals surface area contributed by atoms with Crippen LogP contribution in [-0.2, 0) is 0 Å². The van der Waals surface area contributed by atoms with Gasteiger partial charge in [-0.2, -0.15) is 5.10 Å². The molecular formula is C12H24ClN3. The highest BCUT2D eigenvalue weighted by molar-refractivity contribution is 6.20. The van der Waals surface area contributed by atoms with E-state index in [-0.39, 0.29) is 5.62 Å². The Kier molecular flexibility index (Phi) is 6.62. The zero-order chi connectivity index (χ0) is 11.8. The van der Waals surface area contributed by atoms with Gasteiger partial charge >= 0.3 is 0 Å². The predicted molar refractivity (Wildman–Crippen MR) is 70.6 cm³/mol. The minimum atomic E-state index is -0.0619. The highest BCUT2D eigenvalue weighted by atomic mass is 35.5. The van der Waals surface area contributed by atoms with Crippen LogP contribution in [0.25, 0.3) is 0 Å². The molecule has 0 N–H and O–H groups in total. The molecule has 0 aromatic rings. The van der Waals surface area contributed by atoms with Crippen LogP contribution in [0.5, 0.6) is 0 Å². The molecule has 1 heterocycles. The minimum Gasteiger partial charge on any atom is -0.327 e.